The molecule has 0 fully saturated rings. The Kier molecular flexibility index (Phi) is 5.63. The third-order valence-corrected chi connectivity index (χ3v) is 3.97. The van der Waals surface area contributed by atoms with E-state index in [1.165, 1.54) is 5.56 Å². The Morgan fingerprint density at radius 2 is 1.77 bits per heavy atom. The summed E-state index contributed by atoms with van der Waals surface area (Å²) in [5.41, 5.74) is 2.23. The van der Waals surface area contributed by atoms with Crippen molar-refractivity contribution < 1.29 is 9.20 Å². The van der Waals surface area contributed by atoms with Crippen LogP contribution in [0.4, 0.5) is 11.6 Å². The minimum Gasteiger partial charge on any atom is -0.348 e. The predicted octanol–water partition coefficient (Wildman–Crippen LogP) is 3.43. The maximum absolute atomic E-state index is 5.40. The van der Waals surface area contributed by atoms with Gasteiger partial charge >= 0.3 is 5.88 Å². The van der Waals surface area contributed by atoms with Gasteiger partial charge in [-0.15, -0.1) is 0 Å². The van der Waals surface area contributed by atoms with Crippen molar-refractivity contribution in [2.75, 3.05) is 19.4 Å². The molecule has 0 spiro atoms. The largest absolute Gasteiger partial charge is 0.348 e. The minimum absolute atomic E-state index is 0.176. The molecule has 0 aliphatic carbocycles. The van der Waals surface area contributed by atoms with Gasteiger partial charge in [-0.25, -0.2) is 0 Å². The summed E-state index contributed by atoms with van der Waals surface area (Å²) >= 11 is 0. The lowest BCUT2D eigenvalue weighted by molar-refractivity contribution is -0.782. The molecule has 0 saturated carbocycles. The topological polar surface area (TPSA) is 57.5 Å². The van der Waals surface area contributed by atoms with Crippen LogP contribution in [0.2, 0.25) is 0 Å². The van der Waals surface area contributed by atoms with Crippen molar-refractivity contribution in [3.05, 3.63) is 72.4 Å². The third-order valence-electron chi connectivity index (χ3n) is 3.97. The standard InChI is InChI=1S/C20H24N5O/c1-16(14-17-10-6-4-7-11-17)25-15-19(26-23-25)22-20(24(2)3)21-18-12-8-5-9-13-18/h4-13,15-16H,14H2,1-3H3,(H,21,22)/q+1. The van der Waals surface area contributed by atoms with E-state index in [0.717, 1.165) is 12.1 Å². The van der Waals surface area contributed by atoms with Crippen LogP contribution < -0.4 is 10.00 Å². The van der Waals surface area contributed by atoms with Crippen molar-refractivity contribution in [1.29, 1.82) is 0 Å². The van der Waals surface area contributed by atoms with Crippen LogP contribution in [-0.2, 0) is 6.42 Å². The zero-order valence-electron chi connectivity index (χ0n) is 15.3. The Bertz CT molecular complexity index is 843. The predicted molar refractivity (Wildman–Crippen MR) is 102 cm³/mol. The van der Waals surface area contributed by atoms with E-state index in [1.807, 2.05) is 78.4 Å². The monoisotopic (exact) mass is 350 g/mol. The number of aliphatic imine (C=N–C) groups is 1. The molecular formula is C20H24N5O+. The number of anilines is 1. The molecule has 2 aromatic carbocycles. The lowest BCUT2D eigenvalue weighted by Gasteiger charge is -2.16. The second-order valence-electron chi connectivity index (χ2n) is 6.38. The first-order chi connectivity index (χ1) is 12.6. The molecule has 0 aliphatic rings. The van der Waals surface area contributed by atoms with Gasteiger partial charge in [0.25, 0.3) is 6.20 Å². The fraction of sp³-hybridized carbons (Fsp3) is 0.250. The van der Waals surface area contributed by atoms with E-state index in [9.17, 15) is 0 Å². The minimum atomic E-state index is 0.176. The molecule has 0 radical (unpaired) electrons. The smallest absolute Gasteiger partial charge is 0.324 e. The lowest BCUT2D eigenvalue weighted by atomic mass is 10.1. The van der Waals surface area contributed by atoms with E-state index < -0.39 is 0 Å². The Hall–Kier alpha value is -3.15. The number of hydrogen-bond acceptors (Lipinski definition) is 3. The van der Waals surface area contributed by atoms with Gasteiger partial charge in [0.1, 0.15) is 0 Å². The Balaban J connectivity index is 1.73. The lowest BCUT2D eigenvalue weighted by Crippen LogP contribution is -2.39. The van der Waals surface area contributed by atoms with Crippen LogP contribution in [-0.4, -0.2) is 30.2 Å². The van der Waals surface area contributed by atoms with Crippen molar-refractivity contribution >= 4 is 17.5 Å². The van der Waals surface area contributed by atoms with Gasteiger partial charge in [-0.2, -0.15) is 4.99 Å². The summed E-state index contributed by atoms with van der Waals surface area (Å²) < 4.78 is 7.21. The number of para-hydroxylation sites is 1. The average Bonchev–Trinajstić information content (AvgIpc) is 3.12. The van der Waals surface area contributed by atoms with Gasteiger partial charge in [0.15, 0.2) is 6.04 Å². The van der Waals surface area contributed by atoms with Crippen LogP contribution in [0.1, 0.15) is 18.5 Å². The summed E-state index contributed by atoms with van der Waals surface area (Å²) in [6.45, 7) is 2.11. The van der Waals surface area contributed by atoms with Gasteiger partial charge < -0.3 is 10.2 Å². The quantitative estimate of drug-likeness (QED) is 0.435. The number of hydrogen-bond donors (Lipinski definition) is 1. The number of nitrogens with one attached hydrogen (secondary N) is 1. The first-order valence-electron chi connectivity index (χ1n) is 8.62. The van der Waals surface area contributed by atoms with Crippen LogP contribution in [0, 0.1) is 0 Å². The van der Waals surface area contributed by atoms with E-state index in [1.54, 1.807) is 0 Å². The molecule has 1 heterocycles. The van der Waals surface area contributed by atoms with Crippen LogP contribution in [0.3, 0.4) is 0 Å². The van der Waals surface area contributed by atoms with E-state index in [4.69, 9.17) is 4.52 Å². The molecule has 1 N–H and O–H groups in total. The Morgan fingerprint density at radius 3 is 2.42 bits per heavy atom. The molecule has 1 aromatic heterocycles. The number of aromatic nitrogens is 2. The van der Waals surface area contributed by atoms with E-state index in [2.05, 4.69) is 34.6 Å². The van der Waals surface area contributed by atoms with Crippen LogP contribution >= 0.6 is 0 Å². The van der Waals surface area contributed by atoms with Crippen molar-refractivity contribution in [3.8, 4) is 0 Å². The maximum atomic E-state index is 5.40. The molecule has 1 atom stereocenters. The van der Waals surface area contributed by atoms with E-state index in [0.29, 0.717) is 11.8 Å². The maximum Gasteiger partial charge on any atom is 0.324 e. The molecule has 0 aliphatic heterocycles. The Labute approximate surface area is 153 Å². The summed E-state index contributed by atoms with van der Waals surface area (Å²) in [6.07, 6.45) is 2.70. The summed E-state index contributed by atoms with van der Waals surface area (Å²) in [5.74, 6) is 1.13. The molecule has 1 unspecified atom stereocenters. The highest BCUT2D eigenvalue weighted by molar-refractivity contribution is 5.94. The van der Waals surface area contributed by atoms with Crippen molar-refractivity contribution in [2.45, 2.75) is 19.4 Å². The van der Waals surface area contributed by atoms with Gasteiger partial charge in [0.2, 0.25) is 11.2 Å². The normalized spacial score (nSPS) is 12.7. The molecule has 0 amide bonds. The molecular weight excluding hydrogens is 326 g/mol. The summed E-state index contributed by atoms with van der Waals surface area (Å²) in [4.78, 5) is 6.44. The number of rotatable bonds is 5. The van der Waals surface area contributed by atoms with Crippen molar-refractivity contribution in [1.82, 2.24) is 10.2 Å². The molecule has 3 rings (SSSR count). The highest BCUT2D eigenvalue weighted by Gasteiger charge is 2.20. The van der Waals surface area contributed by atoms with Gasteiger partial charge in [-0.05, 0) is 22.4 Å². The summed E-state index contributed by atoms with van der Waals surface area (Å²) in [7, 11) is 3.86. The number of guanidine groups is 1. The van der Waals surface area contributed by atoms with Crippen LogP contribution in [0.15, 0.2) is 76.4 Å². The van der Waals surface area contributed by atoms with E-state index >= 15 is 0 Å². The SMILES string of the molecule is CC(Cc1ccccc1)[n+]1cc(/N=C(/Nc2ccccc2)N(C)C)on1. The van der Waals surface area contributed by atoms with Crippen molar-refractivity contribution in [3.63, 3.8) is 0 Å². The fourth-order valence-electron chi connectivity index (χ4n) is 2.55. The third kappa shape index (κ3) is 4.69. The van der Waals surface area contributed by atoms with Crippen LogP contribution in [0.25, 0.3) is 0 Å². The zero-order valence-corrected chi connectivity index (χ0v) is 15.3. The molecule has 134 valence electrons. The van der Waals surface area contributed by atoms with Crippen molar-refractivity contribution in [2.24, 2.45) is 4.99 Å². The summed E-state index contributed by atoms with van der Waals surface area (Å²) in [6, 6.07) is 20.4. The zero-order chi connectivity index (χ0) is 18.4. The second-order valence-corrected chi connectivity index (χ2v) is 6.38. The molecule has 26 heavy (non-hydrogen) atoms. The fourth-order valence-corrected chi connectivity index (χ4v) is 2.55. The first kappa shape index (κ1) is 17.7. The first-order valence-corrected chi connectivity index (χ1v) is 8.62. The summed E-state index contributed by atoms with van der Waals surface area (Å²) in [5, 5.41) is 7.40. The van der Waals surface area contributed by atoms with Crippen LogP contribution in [0.5, 0.6) is 0 Å². The molecule has 6 heteroatoms. The van der Waals surface area contributed by atoms with Gasteiger partial charge in [0.05, 0.1) is 0 Å². The van der Waals surface area contributed by atoms with Gasteiger partial charge in [0, 0.05) is 33.1 Å². The second kappa shape index (κ2) is 8.29. The molecule has 3 aromatic rings. The highest BCUT2D eigenvalue weighted by atomic mass is 16.5. The molecule has 0 saturated heterocycles. The number of nitrogens with zero attached hydrogens (tertiary/aromatic N) is 4. The number of benzene rings is 2. The average molecular weight is 350 g/mol. The molecule has 0 bridgehead atoms. The van der Waals surface area contributed by atoms with Gasteiger partial charge in [-0.3, -0.25) is 4.52 Å². The Morgan fingerprint density at radius 1 is 1.12 bits per heavy atom. The molecule has 6 nitrogen and oxygen atoms in total. The van der Waals surface area contributed by atoms with E-state index in [-0.39, 0.29) is 6.04 Å². The highest BCUT2D eigenvalue weighted by Crippen LogP contribution is 2.13. The van der Waals surface area contributed by atoms with Gasteiger partial charge in [-0.1, -0.05) is 48.5 Å².